The highest BCUT2D eigenvalue weighted by molar-refractivity contribution is 7.91. The molecule has 1 aliphatic rings. The molecule has 23 heavy (non-hydrogen) atoms. The summed E-state index contributed by atoms with van der Waals surface area (Å²) in [5.41, 5.74) is 0. The van der Waals surface area contributed by atoms with Crippen molar-refractivity contribution in [3.8, 4) is 5.75 Å². The summed E-state index contributed by atoms with van der Waals surface area (Å²) in [5, 5.41) is 2.72. The molecule has 0 spiro atoms. The lowest BCUT2D eigenvalue weighted by Crippen LogP contribution is -2.42. The SMILES string of the molecule is CN(CCOc1ccccc1F)CC(=O)NC1CCS(=O)(=O)C1. The van der Waals surface area contributed by atoms with E-state index >= 15 is 0 Å². The first-order chi connectivity index (χ1) is 10.9. The molecule has 0 radical (unpaired) electrons. The predicted octanol–water partition coefficient (Wildman–Crippen LogP) is 0.440. The Bertz CT molecular complexity index is 651. The summed E-state index contributed by atoms with van der Waals surface area (Å²) in [4.78, 5) is 13.6. The molecule has 0 aliphatic carbocycles. The number of nitrogens with zero attached hydrogens (tertiary/aromatic N) is 1. The molecule has 1 aromatic carbocycles. The van der Waals surface area contributed by atoms with Crippen LogP contribution in [0.5, 0.6) is 5.75 Å². The molecule has 2 rings (SSSR count). The molecule has 0 saturated carbocycles. The second-order valence-electron chi connectivity index (χ2n) is 5.68. The Morgan fingerprint density at radius 2 is 2.17 bits per heavy atom. The molecular formula is C15H21FN2O4S. The third-order valence-electron chi connectivity index (χ3n) is 3.58. The van der Waals surface area contributed by atoms with Crippen LogP contribution in [0.4, 0.5) is 4.39 Å². The molecule has 128 valence electrons. The molecule has 6 nitrogen and oxygen atoms in total. The maximum Gasteiger partial charge on any atom is 0.234 e. The quantitative estimate of drug-likeness (QED) is 0.777. The van der Waals surface area contributed by atoms with Gasteiger partial charge in [0.25, 0.3) is 0 Å². The monoisotopic (exact) mass is 344 g/mol. The number of sulfone groups is 1. The van der Waals surface area contributed by atoms with E-state index in [4.69, 9.17) is 4.74 Å². The molecule has 1 N–H and O–H groups in total. The number of halogens is 1. The van der Waals surface area contributed by atoms with E-state index in [2.05, 4.69) is 5.32 Å². The van der Waals surface area contributed by atoms with Crippen LogP contribution >= 0.6 is 0 Å². The summed E-state index contributed by atoms with van der Waals surface area (Å²) >= 11 is 0. The highest BCUT2D eigenvalue weighted by Crippen LogP contribution is 2.15. The Morgan fingerprint density at radius 1 is 1.43 bits per heavy atom. The smallest absolute Gasteiger partial charge is 0.234 e. The van der Waals surface area contributed by atoms with E-state index in [1.807, 2.05) is 0 Å². The number of carbonyl (C=O) groups is 1. The van der Waals surface area contributed by atoms with Crippen LogP contribution in [-0.2, 0) is 14.6 Å². The largest absolute Gasteiger partial charge is 0.489 e. The van der Waals surface area contributed by atoms with Gasteiger partial charge in [-0.15, -0.1) is 0 Å². The second-order valence-corrected chi connectivity index (χ2v) is 7.91. The second kappa shape index (κ2) is 7.74. The standard InChI is InChI=1S/C15H21FN2O4S/c1-18(7-8-22-14-5-3-2-4-13(14)16)10-15(19)17-12-6-9-23(20,21)11-12/h2-5,12H,6-11H2,1H3,(H,17,19). The topological polar surface area (TPSA) is 75.7 Å². The summed E-state index contributed by atoms with van der Waals surface area (Å²) in [6, 6.07) is 5.84. The van der Waals surface area contributed by atoms with Gasteiger partial charge in [-0.2, -0.15) is 0 Å². The maximum absolute atomic E-state index is 13.4. The van der Waals surface area contributed by atoms with Crippen molar-refractivity contribution in [2.75, 3.05) is 38.2 Å². The zero-order valence-electron chi connectivity index (χ0n) is 13.0. The number of para-hydroxylation sites is 1. The highest BCUT2D eigenvalue weighted by atomic mass is 32.2. The fourth-order valence-corrected chi connectivity index (χ4v) is 4.05. The van der Waals surface area contributed by atoms with Gasteiger partial charge in [-0.25, -0.2) is 12.8 Å². The normalized spacial score (nSPS) is 19.7. The van der Waals surface area contributed by atoms with Crippen molar-refractivity contribution in [2.45, 2.75) is 12.5 Å². The summed E-state index contributed by atoms with van der Waals surface area (Å²) in [7, 11) is -1.26. The molecule has 1 atom stereocenters. The zero-order chi connectivity index (χ0) is 16.9. The number of benzene rings is 1. The van der Waals surface area contributed by atoms with Gasteiger partial charge >= 0.3 is 0 Å². The van der Waals surface area contributed by atoms with Crippen molar-refractivity contribution in [3.05, 3.63) is 30.1 Å². The molecule has 1 aromatic rings. The Balaban J connectivity index is 1.67. The van der Waals surface area contributed by atoms with Gasteiger partial charge in [-0.1, -0.05) is 12.1 Å². The minimum absolute atomic E-state index is 0.0127. The van der Waals surface area contributed by atoms with Crippen LogP contribution in [0.25, 0.3) is 0 Å². The number of amides is 1. The fraction of sp³-hybridized carbons (Fsp3) is 0.533. The molecule has 1 amide bonds. The van der Waals surface area contributed by atoms with Gasteiger partial charge in [0.2, 0.25) is 5.91 Å². The number of carbonyl (C=O) groups excluding carboxylic acids is 1. The van der Waals surface area contributed by atoms with Crippen molar-refractivity contribution < 1.29 is 22.3 Å². The lowest BCUT2D eigenvalue weighted by Gasteiger charge is -2.18. The Hall–Kier alpha value is -1.67. The molecule has 1 heterocycles. The molecule has 8 heteroatoms. The van der Waals surface area contributed by atoms with Crippen LogP contribution in [-0.4, -0.2) is 63.5 Å². The summed E-state index contributed by atoms with van der Waals surface area (Å²) < 4.78 is 41.4. The first-order valence-corrected chi connectivity index (χ1v) is 9.23. The number of ether oxygens (including phenoxy) is 1. The molecule has 0 bridgehead atoms. The average Bonchev–Trinajstić information content (AvgIpc) is 2.79. The van der Waals surface area contributed by atoms with Gasteiger partial charge in [-0.05, 0) is 25.6 Å². The third kappa shape index (κ3) is 5.80. The van der Waals surface area contributed by atoms with Crippen LogP contribution in [0.2, 0.25) is 0 Å². The molecule has 1 unspecified atom stereocenters. The van der Waals surface area contributed by atoms with E-state index in [-0.39, 0.29) is 42.4 Å². The van der Waals surface area contributed by atoms with Crippen LogP contribution in [0.1, 0.15) is 6.42 Å². The maximum atomic E-state index is 13.4. The van der Waals surface area contributed by atoms with Gasteiger partial charge in [0.05, 0.1) is 18.1 Å². The summed E-state index contributed by atoms with van der Waals surface area (Å²) in [6.45, 7) is 0.838. The van der Waals surface area contributed by atoms with E-state index in [0.717, 1.165) is 0 Å². The Labute approximate surface area is 135 Å². The van der Waals surface area contributed by atoms with E-state index in [9.17, 15) is 17.6 Å². The van der Waals surface area contributed by atoms with Crippen molar-refractivity contribution >= 4 is 15.7 Å². The van der Waals surface area contributed by atoms with E-state index in [1.54, 1.807) is 30.1 Å². The van der Waals surface area contributed by atoms with E-state index in [0.29, 0.717) is 13.0 Å². The Kier molecular flexibility index (Phi) is 5.95. The zero-order valence-corrected chi connectivity index (χ0v) is 13.8. The summed E-state index contributed by atoms with van der Waals surface area (Å²) in [5.74, 6) is -0.319. The number of likely N-dealkylation sites (N-methyl/N-ethyl adjacent to an activating group) is 1. The van der Waals surface area contributed by atoms with E-state index < -0.39 is 15.7 Å². The van der Waals surface area contributed by atoms with Crippen molar-refractivity contribution in [3.63, 3.8) is 0 Å². The van der Waals surface area contributed by atoms with Crippen molar-refractivity contribution in [1.82, 2.24) is 10.2 Å². The van der Waals surface area contributed by atoms with Gasteiger partial charge in [-0.3, -0.25) is 9.69 Å². The van der Waals surface area contributed by atoms with E-state index in [1.165, 1.54) is 6.07 Å². The number of rotatable bonds is 7. The Morgan fingerprint density at radius 3 is 2.83 bits per heavy atom. The van der Waals surface area contributed by atoms with Crippen LogP contribution in [0, 0.1) is 5.82 Å². The van der Waals surface area contributed by atoms with Crippen molar-refractivity contribution in [1.29, 1.82) is 0 Å². The van der Waals surface area contributed by atoms with Crippen LogP contribution in [0.3, 0.4) is 0 Å². The minimum Gasteiger partial charge on any atom is -0.489 e. The minimum atomic E-state index is -3.00. The van der Waals surface area contributed by atoms with Gasteiger partial charge in [0.15, 0.2) is 21.4 Å². The van der Waals surface area contributed by atoms with Crippen LogP contribution in [0.15, 0.2) is 24.3 Å². The van der Waals surface area contributed by atoms with Crippen LogP contribution < -0.4 is 10.1 Å². The predicted molar refractivity (Wildman–Crippen MR) is 84.6 cm³/mol. The fourth-order valence-electron chi connectivity index (χ4n) is 2.38. The summed E-state index contributed by atoms with van der Waals surface area (Å²) in [6.07, 6.45) is 0.466. The van der Waals surface area contributed by atoms with Gasteiger partial charge < -0.3 is 10.1 Å². The molecule has 0 aromatic heterocycles. The third-order valence-corrected chi connectivity index (χ3v) is 5.35. The number of hydrogen-bond donors (Lipinski definition) is 1. The molecule has 1 aliphatic heterocycles. The number of nitrogens with one attached hydrogen (secondary N) is 1. The highest BCUT2D eigenvalue weighted by Gasteiger charge is 2.28. The first-order valence-electron chi connectivity index (χ1n) is 7.41. The van der Waals surface area contributed by atoms with Gasteiger partial charge in [0, 0.05) is 12.6 Å². The van der Waals surface area contributed by atoms with Crippen molar-refractivity contribution in [2.24, 2.45) is 0 Å². The molecule has 1 fully saturated rings. The molecule has 1 saturated heterocycles. The first kappa shape index (κ1) is 17.7. The van der Waals surface area contributed by atoms with Gasteiger partial charge in [0.1, 0.15) is 6.61 Å². The lowest BCUT2D eigenvalue weighted by atomic mass is 10.2. The lowest BCUT2D eigenvalue weighted by molar-refractivity contribution is -0.122. The molecular weight excluding hydrogens is 323 g/mol. The number of hydrogen-bond acceptors (Lipinski definition) is 5. The average molecular weight is 344 g/mol.